The number of benzene rings is 1. The highest BCUT2D eigenvalue weighted by Gasteiger charge is 2.13. The maximum atomic E-state index is 10.9. The number of aliphatic hydroxyl groups excluding tert-OH is 1. The number of methoxy groups -OCH3 is 1. The van der Waals surface area contributed by atoms with Crippen LogP contribution in [0.2, 0.25) is 0 Å². The van der Waals surface area contributed by atoms with Gasteiger partial charge in [0.15, 0.2) is 11.5 Å². The quantitative estimate of drug-likeness (QED) is 0.580. The molecule has 0 aliphatic heterocycles. The van der Waals surface area contributed by atoms with Crippen molar-refractivity contribution in [3.05, 3.63) is 17.7 Å². The van der Waals surface area contributed by atoms with Gasteiger partial charge in [0.05, 0.1) is 25.2 Å². The third-order valence-corrected chi connectivity index (χ3v) is 3.20. The number of aliphatic hydroxyl groups is 1. The molecule has 0 aliphatic carbocycles. The largest absolute Gasteiger partial charge is 0.493 e. The lowest BCUT2D eigenvalue weighted by Gasteiger charge is -2.15. The molecule has 0 atom stereocenters. The summed E-state index contributed by atoms with van der Waals surface area (Å²) in [7, 11) is 1.54. The molecule has 1 aromatic carbocycles. The van der Waals surface area contributed by atoms with Crippen LogP contribution in [-0.4, -0.2) is 37.5 Å². The Morgan fingerprint density at radius 3 is 2.78 bits per heavy atom. The number of aldehydes is 1. The fraction of sp³-hybridized carbons (Fsp3) is 0.462. The second kappa shape index (κ2) is 8.00. The van der Waals surface area contributed by atoms with Crippen molar-refractivity contribution in [3.8, 4) is 11.5 Å². The SMILES string of the molecule is CCCOc1c(OC)cc(C=O)cc1SCCO. The van der Waals surface area contributed by atoms with Gasteiger partial charge in [-0.25, -0.2) is 0 Å². The molecule has 18 heavy (non-hydrogen) atoms. The van der Waals surface area contributed by atoms with E-state index in [1.54, 1.807) is 19.2 Å². The molecule has 100 valence electrons. The molecule has 0 saturated heterocycles. The van der Waals surface area contributed by atoms with Gasteiger partial charge in [0.25, 0.3) is 0 Å². The monoisotopic (exact) mass is 270 g/mol. The highest BCUT2D eigenvalue weighted by Crippen LogP contribution is 2.38. The van der Waals surface area contributed by atoms with E-state index in [0.717, 1.165) is 17.6 Å². The van der Waals surface area contributed by atoms with E-state index >= 15 is 0 Å². The minimum atomic E-state index is 0.0749. The minimum absolute atomic E-state index is 0.0749. The molecule has 0 fully saturated rings. The molecule has 0 saturated carbocycles. The Bertz CT molecular complexity index is 393. The van der Waals surface area contributed by atoms with E-state index in [9.17, 15) is 4.79 Å². The summed E-state index contributed by atoms with van der Waals surface area (Å²) in [5.41, 5.74) is 0.538. The number of rotatable bonds is 8. The Balaban J connectivity index is 3.09. The number of hydrogen-bond acceptors (Lipinski definition) is 5. The van der Waals surface area contributed by atoms with Gasteiger partial charge in [0.1, 0.15) is 6.29 Å². The predicted octanol–water partition coefficient (Wildman–Crippen LogP) is 2.38. The third-order valence-electron chi connectivity index (χ3n) is 2.20. The first-order chi connectivity index (χ1) is 8.76. The molecule has 0 radical (unpaired) electrons. The first-order valence-electron chi connectivity index (χ1n) is 5.80. The summed E-state index contributed by atoms with van der Waals surface area (Å²) < 4.78 is 10.9. The van der Waals surface area contributed by atoms with E-state index in [4.69, 9.17) is 14.6 Å². The average Bonchev–Trinajstić information content (AvgIpc) is 2.42. The zero-order valence-electron chi connectivity index (χ0n) is 10.6. The van der Waals surface area contributed by atoms with E-state index in [-0.39, 0.29) is 6.61 Å². The van der Waals surface area contributed by atoms with Crippen LogP contribution in [0.25, 0.3) is 0 Å². The number of carbonyl (C=O) groups excluding carboxylic acids is 1. The van der Waals surface area contributed by atoms with Crippen molar-refractivity contribution in [2.75, 3.05) is 26.1 Å². The molecule has 1 N–H and O–H groups in total. The van der Waals surface area contributed by atoms with Gasteiger partial charge in [-0.2, -0.15) is 0 Å². The normalized spacial score (nSPS) is 10.2. The Labute approximate surface area is 111 Å². The van der Waals surface area contributed by atoms with Gasteiger partial charge < -0.3 is 14.6 Å². The van der Waals surface area contributed by atoms with Crippen molar-refractivity contribution in [3.63, 3.8) is 0 Å². The summed E-state index contributed by atoms with van der Waals surface area (Å²) in [5, 5.41) is 8.89. The minimum Gasteiger partial charge on any atom is -0.493 e. The van der Waals surface area contributed by atoms with Crippen molar-refractivity contribution in [2.45, 2.75) is 18.2 Å². The summed E-state index contributed by atoms with van der Waals surface area (Å²) in [6, 6.07) is 3.40. The first kappa shape index (κ1) is 14.9. The number of ether oxygens (including phenoxy) is 2. The second-order valence-corrected chi connectivity index (χ2v) is 4.73. The molecule has 0 aromatic heterocycles. The summed E-state index contributed by atoms with van der Waals surface area (Å²) in [5.74, 6) is 1.74. The molecule has 4 nitrogen and oxygen atoms in total. The lowest BCUT2D eigenvalue weighted by molar-refractivity contribution is 0.112. The van der Waals surface area contributed by atoms with Crippen LogP contribution in [0.3, 0.4) is 0 Å². The number of hydrogen-bond donors (Lipinski definition) is 1. The van der Waals surface area contributed by atoms with Crippen molar-refractivity contribution in [1.82, 2.24) is 0 Å². The van der Waals surface area contributed by atoms with Gasteiger partial charge in [0, 0.05) is 11.3 Å². The topological polar surface area (TPSA) is 55.8 Å². The Morgan fingerprint density at radius 1 is 1.44 bits per heavy atom. The van der Waals surface area contributed by atoms with Crippen LogP contribution in [0.4, 0.5) is 0 Å². The van der Waals surface area contributed by atoms with Crippen LogP contribution in [0.15, 0.2) is 17.0 Å². The Kier molecular flexibility index (Phi) is 6.60. The molecular formula is C13H18O4S. The molecule has 1 aromatic rings. The van der Waals surface area contributed by atoms with E-state index in [0.29, 0.717) is 29.4 Å². The summed E-state index contributed by atoms with van der Waals surface area (Å²) in [6.07, 6.45) is 1.66. The van der Waals surface area contributed by atoms with Crippen LogP contribution in [0.1, 0.15) is 23.7 Å². The van der Waals surface area contributed by atoms with Crippen molar-refractivity contribution >= 4 is 18.0 Å². The highest BCUT2D eigenvalue weighted by atomic mass is 32.2. The van der Waals surface area contributed by atoms with Gasteiger partial charge >= 0.3 is 0 Å². The lowest BCUT2D eigenvalue weighted by atomic mass is 10.2. The third kappa shape index (κ3) is 3.92. The van der Waals surface area contributed by atoms with Gasteiger partial charge in [-0.15, -0.1) is 11.8 Å². The van der Waals surface area contributed by atoms with Gasteiger partial charge in [0.2, 0.25) is 0 Å². The summed E-state index contributed by atoms with van der Waals surface area (Å²) in [6.45, 7) is 2.68. The van der Waals surface area contributed by atoms with E-state index < -0.39 is 0 Å². The van der Waals surface area contributed by atoms with Crippen LogP contribution in [0, 0.1) is 0 Å². The molecule has 5 heteroatoms. The number of thioether (sulfide) groups is 1. The van der Waals surface area contributed by atoms with Crippen molar-refractivity contribution < 1.29 is 19.4 Å². The smallest absolute Gasteiger partial charge is 0.174 e. The van der Waals surface area contributed by atoms with E-state index in [1.165, 1.54) is 11.8 Å². The van der Waals surface area contributed by atoms with E-state index in [1.807, 2.05) is 6.92 Å². The fourth-order valence-electron chi connectivity index (χ4n) is 1.43. The number of carbonyl (C=O) groups is 1. The standard InChI is InChI=1S/C13H18O4S/c1-3-5-17-13-11(16-2)7-10(9-15)8-12(13)18-6-4-14/h7-9,14H,3-6H2,1-2H3. The molecule has 0 amide bonds. The molecular weight excluding hydrogens is 252 g/mol. The van der Waals surface area contributed by atoms with Gasteiger partial charge in [-0.3, -0.25) is 4.79 Å². The lowest BCUT2D eigenvalue weighted by Crippen LogP contribution is -2.01. The van der Waals surface area contributed by atoms with Crippen LogP contribution in [-0.2, 0) is 0 Å². The van der Waals surface area contributed by atoms with E-state index in [2.05, 4.69) is 0 Å². The van der Waals surface area contributed by atoms with Crippen LogP contribution < -0.4 is 9.47 Å². The molecule has 0 heterocycles. The maximum absolute atomic E-state index is 10.9. The molecule has 0 bridgehead atoms. The van der Waals surface area contributed by atoms with Gasteiger partial charge in [-0.1, -0.05) is 6.92 Å². The zero-order chi connectivity index (χ0) is 13.4. The maximum Gasteiger partial charge on any atom is 0.174 e. The molecule has 0 aliphatic rings. The Hall–Kier alpha value is -1.20. The summed E-state index contributed by atoms with van der Waals surface area (Å²) >= 11 is 1.44. The Morgan fingerprint density at radius 2 is 2.22 bits per heavy atom. The molecule has 0 spiro atoms. The van der Waals surface area contributed by atoms with Crippen LogP contribution >= 0.6 is 11.8 Å². The van der Waals surface area contributed by atoms with Crippen LogP contribution in [0.5, 0.6) is 11.5 Å². The van der Waals surface area contributed by atoms with Crippen molar-refractivity contribution in [1.29, 1.82) is 0 Å². The van der Waals surface area contributed by atoms with Gasteiger partial charge in [-0.05, 0) is 18.6 Å². The zero-order valence-corrected chi connectivity index (χ0v) is 11.5. The second-order valence-electron chi connectivity index (χ2n) is 3.59. The summed E-state index contributed by atoms with van der Waals surface area (Å²) in [4.78, 5) is 11.7. The highest BCUT2D eigenvalue weighted by molar-refractivity contribution is 7.99. The molecule has 1 rings (SSSR count). The van der Waals surface area contributed by atoms with Crippen molar-refractivity contribution in [2.24, 2.45) is 0 Å². The average molecular weight is 270 g/mol. The molecule has 0 unspecified atom stereocenters. The first-order valence-corrected chi connectivity index (χ1v) is 6.79. The fourth-order valence-corrected chi connectivity index (χ4v) is 2.25. The predicted molar refractivity (Wildman–Crippen MR) is 72.0 cm³/mol.